The maximum absolute atomic E-state index is 12.9. The third-order valence-corrected chi connectivity index (χ3v) is 4.62. The minimum absolute atomic E-state index is 0.109. The molecule has 1 heterocycles. The van der Waals surface area contributed by atoms with E-state index in [1.54, 1.807) is 31.2 Å². The molecular weight excluding hydrogens is 431 g/mol. The third-order valence-electron chi connectivity index (χ3n) is 4.02. The van der Waals surface area contributed by atoms with Gasteiger partial charge in [-0.2, -0.15) is 3.89 Å². The van der Waals surface area contributed by atoms with E-state index in [-0.39, 0.29) is 31.7 Å². The van der Waals surface area contributed by atoms with Crippen molar-refractivity contribution in [2.45, 2.75) is 37.3 Å². The third kappa shape index (κ3) is 8.13. The number of rotatable bonds is 12. The minimum Gasteiger partial charge on any atom is -0.396 e. The van der Waals surface area contributed by atoms with E-state index in [1.165, 1.54) is 0 Å². The first-order valence-electron chi connectivity index (χ1n) is 9.24. The summed E-state index contributed by atoms with van der Waals surface area (Å²) in [6, 6.07) is 7.14. The summed E-state index contributed by atoms with van der Waals surface area (Å²) in [6.07, 6.45) is -1.96. The molecule has 168 valence electrons. The number of aliphatic hydroxyl groups excluding tert-OH is 3. The van der Waals surface area contributed by atoms with E-state index in [2.05, 4.69) is 30.9 Å². The predicted molar refractivity (Wildman–Crippen MR) is 110 cm³/mol. The molecule has 0 fully saturated rings. The number of hydrogen-bond acceptors (Lipinski definition) is 11. The second kappa shape index (κ2) is 12.8. The van der Waals surface area contributed by atoms with Crippen LogP contribution in [0.15, 0.2) is 29.4 Å². The molecule has 13 heteroatoms. The average Bonchev–Trinajstić information content (AvgIpc) is 2.78. The molecule has 3 atom stereocenters. The molecule has 0 spiro atoms. The van der Waals surface area contributed by atoms with Crippen molar-refractivity contribution in [3.63, 3.8) is 0 Å². The molecule has 4 N–H and O–H groups in total. The highest BCUT2D eigenvalue weighted by molar-refractivity contribution is 7.95. The molecule has 2 rings (SSSR count). The van der Waals surface area contributed by atoms with E-state index >= 15 is 0 Å². The van der Waals surface area contributed by atoms with Gasteiger partial charge in [-0.1, -0.05) is 29.4 Å². The highest BCUT2D eigenvalue weighted by Crippen LogP contribution is 2.18. The molecule has 0 saturated carbocycles. The Hall–Kier alpha value is -2.74. The maximum atomic E-state index is 12.9. The van der Waals surface area contributed by atoms with Crippen molar-refractivity contribution < 1.29 is 28.8 Å². The van der Waals surface area contributed by atoms with Crippen molar-refractivity contribution >= 4 is 24.3 Å². The SMILES string of the molecule is Cc1nnc(-c2ccc(CNC(=O)CO/N=C/C(SF)C(O)C(O)CCO)cc2)nn1. The Bertz CT molecular complexity index is 842. The summed E-state index contributed by atoms with van der Waals surface area (Å²) in [5.74, 6) is 0.414. The van der Waals surface area contributed by atoms with E-state index in [0.29, 0.717) is 11.6 Å². The number of carbonyl (C=O) groups is 1. The zero-order valence-corrected chi connectivity index (χ0v) is 17.4. The van der Waals surface area contributed by atoms with Gasteiger partial charge in [0.1, 0.15) is 5.25 Å². The molecule has 0 aliphatic carbocycles. The van der Waals surface area contributed by atoms with E-state index in [9.17, 15) is 18.9 Å². The molecule has 1 amide bonds. The predicted octanol–water partition coefficient (Wildman–Crippen LogP) is -0.0489. The Balaban J connectivity index is 1.75. The Labute approximate surface area is 182 Å². The van der Waals surface area contributed by atoms with E-state index in [0.717, 1.165) is 17.3 Å². The zero-order chi connectivity index (χ0) is 22.6. The smallest absolute Gasteiger partial charge is 0.261 e. The van der Waals surface area contributed by atoms with Gasteiger partial charge in [-0.25, -0.2) is 0 Å². The molecule has 2 aromatic rings. The minimum atomic E-state index is -1.48. The first kappa shape index (κ1) is 24.5. The van der Waals surface area contributed by atoms with Gasteiger partial charge in [0, 0.05) is 18.7 Å². The van der Waals surface area contributed by atoms with Gasteiger partial charge in [-0.15, -0.1) is 20.4 Å². The summed E-state index contributed by atoms with van der Waals surface area (Å²) < 4.78 is 12.9. The number of aromatic nitrogens is 4. The second-order valence-electron chi connectivity index (χ2n) is 6.40. The topological polar surface area (TPSA) is 163 Å². The van der Waals surface area contributed by atoms with Crippen LogP contribution in [0.25, 0.3) is 11.4 Å². The van der Waals surface area contributed by atoms with Gasteiger partial charge in [-0.05, 0) is 18.9 Å². The number of aliphatic hydroxyl groups is 3. The van der Waals surface area contributed by atoms with Crippen molar-refractivity contribution in [2.75, 3.05) is 13.2 Å². The summed E-state index contributed by atoms with van der Waals surface area (Å²) in [7, 11) is 0. The van der Waals surface area contributed by atoms with Crippen LogP contribution >= 0.6 is 12.1 Å². The molecule has 0 aliphatic rings. The molecule has 3 unspecified atom stereocenters. The highest BCUT2D eigenvalue weighted by Gasteiger charge is 2.26. The molecule has 0 saturated heterocycles. The van der Waals surface area contributed by atoms with E-state index in [1.807, 2.05) is 0 Å². The number of amides is 1. The van der Waals surface area contributed by atoms with Crippen molar-refractivity contribution in [3.05, 3.63) is 35.7 Å². The summed E-state index contributed by atoms with van der Waals surface area (Å²) in [5.41, 5.74) is 1.56. The Morgan fingerprint density at radius 2 is 1.94 bits per heavy atom. The second-order valence-corrected chi connectivity index (χ2v) is 7.12. The lowest BCUT2D eigenvalue weighted by atomic mass is 10.1. The highest BCUT2D eigenvalue weighted by atomic mass is 32.2. The lowest BCUT2D eigenvalue weighted by molar-refractivity contribution is -0.125. The number of aryl methyl sites for hydroxylation is 1. The quantitative estimate of drug-likeness (QED) is 0.253. The fraction of sp³-hybridized carbons (Fsp3) is 0.444. The fourth-order valence-electron chi connectivity index (χ4n) is 2.30. The molecule has 1 aromatic carbocycles. The number of carbonyl (C=O) groups excluding carboxylic acids is 1. The number of oxime groups is 1. The molecule has 0 bridgehead atoms. The van der Waals surface area contributed by atoms with Crippen LogP contribution in [0.3, 0.4) is 0 Å². The van der Waals surface area contributed by atoms with Crippen molar-refractivity contribution in [3.8, 4) is 11.4 Å². The Morgan fingerprint density at radius 1 is 1.26 bits per heavy atom. The number of hydrogen-bond donors (Lipinski definition) is 4. The lowest BCUT2D eigenvalue weighted by Crippen LogP contribution is -2.36. The van der Waals surface area contributed by atoms with Gasteiger partial charge in [0.05, 0.1) is 30.6 Å². The van der Waals surface area contributed by atoms with Gasteiger partial charge in [0.2, 0.25) is 5.82 Å². The number of nitrogens with zero attached hydrogens (tertiary/aromatic N) is 5. The fourth-order valence-corrected chi connectivity index (χ4v) is 2.69. The van der Waals surface area contributed by atoms with E-state index in [4.69, 9.17) is 9.94 Å². The van der Waals surface area contributed by atoms with Gasteiger partial charge in [0.15, 0.2) is 12.4 Å². The Morgan fingerprint density at radius 3 is 2.55 bits per heavy atom. The molecule has 1 aromatic heterocycles. The van der Waals surface area contributed by atoms with Gasteiger partial charge >= 0.3 is 0 Å². The van der Waals surface area contributed by atoms with Crippen LogP contribution in [0.5, 0.6) is 0 Å². The van der Waals surface area contributed by atoms with Gasteiger partial charge in [0.25, 0.3) is 5.91 Å². The summed E-state index contributed by atoms with van der Waals surface area (Å²) >= 11 is -0.240. The first-order valence-corrected chi connectivity index (χ1v) is 10.0. The van der Waals surface area contributed by atoms with Crippen LogP contribution < -0.4 is 5.32 Å². The summed E-state index contributed by atoms with van der Waals surface area (Å²) in [6.45, 7) is 1.16. The van der Waals surface area contributed by atoms with Crippen LogP contribution in [0.4, 0.5) is 3.89 Å². The van der Waals surface area contributed by atoms with Crippen LogP contribution in [0.2, 0.25) is 0 Å². The maximum Gasteiger partial charge on any atom is 0.261 e. The lowest BCUT2D eigenvalue weighted by Gasteiger charge is -2.20. The first-order chi connectivity index (χ1) is 14.9. The zero-order valence-electron chi connectivity index (χ0n) is 16.6. The summed E-state index contributed by atoms with van der Waals surface area (Å²) in [4.78, 5) is 16.6. The monoisotopic (exact) mass is 454 g/mol. The van der Waals surface area contributed by atoms with Crippen LogP contribution in [-0.4, -0.2) is 78.5 Å². The van der Waals surface area contributed by atoms with Gasteiger partial charge in [-0.3, -0.25) is 4.79 Å². The molecule has 31 heavy (non-hydrogen) atoms. The van der Waals surface area contributed by atoms with Crippen LogP contribution in [0, 0.1) is 6.92 Å². The van der Waals surface area contributed by atoms with Crippen molar-refractivity contribution in [1.29, 1.82) is 0 Å². The molecule has 11 nitrogen and oxygen atoms in total. The molecular formula is C18H23FN6O5S. The molecule has 0 radical (unpaired) electrons. The Kier molecular flexibility index (Phi) is 10.2. The average molecular weight is 454 g/mol. The molecule has 0 aliphatic heterocycles. The largest absolute Gasteiger partial charge is 0.396 e. The number of halogens is 1. The van der Waals surface area contributed by atoms with Crippen molar-refractivity contribution in [1.82, 2.24) is 25.7 Å². The van der Waals surface area contributed by atoms with E-state index < -0.39 is 30.0 Å². The standard InChI is InChI=1S/C18H23FN6O5S/c1-11-22-24-18(25-23-11)13-4-2-12(3-5-13)8-20-16(28)10-30-21-9-15(31-19)17(29)14(27)6-7-26/h2-5,9,14-15,17,26-27,29H,6-8,10H2,1H3,(H,20,28)/b21-9+. The van der Waals surface area contributed by atoms with Crippen LogP contribution in [0.1, 0.15) is 17.8 Å². The summed E-state index contributed by atoms with van der Waals surface area (Å²) in [5, 5.41) is 48.6. The number of nitrogens with one attached hydrogen (secondary N) is 1. The van der Waals surface area contributed by atoms with Gasteiger partial charge < -0.3 is 25.5 Å². The van der Waals surface area contributed by atoms with Crippen molar-refractivity contribution in [2.24, 2.45) is 5.16 Å². The normalized spacial score (nSPS) is 14.2. The van der Waals surface area contributed by atoms with Crippen LogP contribution in [-0.2, 0) is 16.2 Å². The number of benzene rings is 1.